The fourth-order valence-electron chi connectivity index (χ4n) is 1.57. The van der Waals surface area contributed by atoms with E-state index in [1.54, 1.807) is 0 Å². The first kappa shape index (κ1) is 12.7. The summed E-state index contributed by atoms with van der Waals surface area (Å²) in [5.41, 5.74) is 5.33. The first-order valence-electron chi connectivity index (χ1n) is 5.94. The third kappa shape index (κ3) is 4.42. The lowest BCUT2D eigenvalue weighted by atomic mass is 10.1. The second-order valence-corrected chi connectivity index (χ2v) is 3.96. The predicted molar refractivity (Wildman–Crippen MR) is 63.1 cm³/mol. The van der Waals surface area contributed by atoms with Gasteiger partial charge in [-0.25, -0.2) is 4.98 Å². The number of anilines is 1. The predicted octanol–water partition coefficient (Wildman–Crippen LogP) is 2.25. The van der Waals surface area contributed by atoms with E-state index >= 15 is 0 Å². The lowest BCUT2D eigenvalue weighted by Gasteiger charge is -2.00. The average molecular weight is 224 g/mol. The van der Waals surface area contributed by atoms with E-state index in [1.165, 1.54) is 36.7 Å². The average Bonchev–Trinajstić information content (AvgIpc) is 2.70. The number of aromatic nitrogens is 3. The van der Waals surface area contributed by atoms with Crippen molar-refractivity contribution in [2.24, 2.45) is 0 Å². The van der Waals surface area contributed by atoms with Crippen LogP contribution in [0.5, 0.6) is 0 Å². The Labute approximate surface area is 96.0 Å². The van der Waals surface area contributed by atoms with Gasteiger partial charge in [0.1, 0.15) is 6.33 Å². The van der Waals surface area contributed by atoms with Crippen LogP contribution in [-0.4, -0.2) is 20.7 Å². The zero-order chi connectivity index (χ0) is 11.8. The molecule has 1 heterocycles. The van der Waals surface area contributed by atoms with Crippen molar-refractivity contribution in [1.29, 1.82) is 0 Å². The summed E-state index contributed by atoms with van der Waals surface area (Å²) < 4.78 is 1.22. The first-order valence-corrected chi connectivity index (χ1v) is 5.94. The van der Waals surface area contributed by atoms with Crippen LogP contribution in [0.25, 0.3) is 0 Å². The molecule has 0 saturated heterocycles. The molecule has 16 heavy (non-hydrogen) atoms. The van der Waals surface area contributed by atoms with Crippen LogP contribution in [0.1, 0.15) is 56.7 Å². The van der Waals surface area contributed by atoms with E-state index in [1.807, 2.05) is 0 Å². The molecule has 0 amide bonds. The van der Waals surface area contributed by atoms with E-state index in [9.17, 15) is 4.79 Å². The highest BCUT2D eigenvalue weighted by Gasteiger charge is 2.06. The van der Waals surface area contributed by atoms with E-state index in [-0.39, 0.29) is 11.9 Å². The van der Waals surface area contributed by atoms with Gasteiger partial charge in [-0.3, -0.25) is 4.79 Å². The fourth-order valence-corrected chi connectivity index (χ4v) is 1.57. The smallest absolute Gasteiger partial charge is 0.248 e. The van der Waals surface area contributed by atoms with Crippen LogP contribution in [0.3, 0.4) is 0 Å². The molecule has 0 aliphatic rings. The Kier molecular flexibility index (Phi) is 5.53. The summed E-state index contributed by atoms with van der Waals surface area (Å²) in [6, 6.07) is 0. The maximum atomic E-state index is 11.6. The number of rotatable bonds is 7. The van der Waals surface area contributed by atoms with Crippen LogP contribution < -0.4 is 5.73 Å². The van der Waals surface area contributed by atoms with Gasteiger partial charge in [0.05, 0.1) is 0 Å². The number of nitrogen functional groups attached to an aromatic ring is 1. The highest BCUT2D eigenvalue weighted by Crippen LogP contribution is 2.07. The van der Waals surface area contributed by atoms with E-state index in [4.69, 9.17) is 5.73 Å². The second kappa shape index (κ2) is 6.98. The zero-order valence-corrected chi connectivity index (χ0v) is 9.85. The number of unbranched alkanes of at least 4 members (excludes halogenated alkanes) is 5. The van der Waals surface area contributed by atoms with Crippen molar-refractivity contribution in [3.05, 3.63) is 6.33 Å². The minimum absolute atomic E-state index is 0.0281. The van der Waals surface area contributed by atoms with Gasteiger partial charge in [-0.05, 0) is 6.42 Å². The molecule has 1 aromatic rings. The van der Waals surface area contributed by atoms with Crippen molar-refractivity contribution in [3.63, 3.8) is 0 Å². The summed E-state index contributed by atoms with van der Waals surface area (Å²) in [5.74, 6) is 0.121. The molecule has 0 radical (unpaired) electrons. The lowest BCUT2D eigenvalue weighted by molar-refractivity contribution is 0.0883. The Balaban J connectivity index is 2.11. The minimum Gasteiger partial charge on any atom is -0.366 e. The topological polar surface area (TPSA) is 73.8 Å². The summed E-state index contributed by atoms with van der Waals surface area (Å²) >= 11 is 0. The van der Waals surface area contributed by atoms with Crippen LogP contribution >= 0.6 is 0 Å². The molecule has 0 aromatic carbocycles. The highest BCUT2D eigenvalue weighted by atomic mass is 16.2. The number of carbonyl (C=O) groups excluding carboxylic acids is 1. The third-order valence-corrected chi connectivity index (χ3v) is 2.51. The number of nitrogens with zero attached hydrogens (tertiary/aromatic N) is 3. The van der Waals surface area contributed by atoms with E-state index in [2.05, 4.69) is 17.0 Å². The third-order valence-electron chi connectivity index (χ3n) is 2.51. The van der Waals surface area contributed by atoms with Crippen LogP contribution in [0, 0.1) is 0 Å². The highest BCUT2D eigenvalue weighted by molar-refractivity contribution is 5.77. The molecule has 1 aromatic heterocycles. The van der Waals surface area contributed by atoms with E-state index in [0.717, 1.165) is 12.8 Å². The van der Waals surface area contributed by atoms with Gasteiger partial charge in [0, 0.05) is 6.42 Å². The van der Waals surface area contributed by atoms with Gasteiger partial charge < -0.3 is 5.73 Å². The monoisotopic (exact) mass is 224 g/mol. The molecule has 0 saturated carbocycles. The van der Waals surface area contributed by atoms with Crippen molar-refractivity contribution in [3.8, 4) is 0 Å². The van der Waals surface area contributed by atoms with Gasteiger partial charge in [-0.2, -0.15) is 4.68 Å². The van der Waals surface area contributed by atoms with Crippen molar-refractivity contribution in [2.75, 3.05) is 5.73 Å². The van der Waals surface area contributed by atoms with E-state index < -0.39 is 0 Å². The molecule has 0 aliphatic carbocycles. The van der Waals surface area contributed by atoms with Crippen molar-refractivity contribution in [1.82, 2.24) is 14.8 Å². The normalized spacial score (nSPS) is 10.6. The molecule has 5 heteroatoms. The number of carbonyl (C=O) groups is 1. The van der Waals surface area contributed by atoms with Crippen LogP contribution in [0.2, 0.25) is 0 Å². The summed E-state index contributed by atoms with van der Waals surface area (Å²) in [4.78, 5) is 15.3. The Hall–Kier alpha value is -1.39. The Bertz CT molecular complexity index is 322. The van der Waals surface area contributed by atoms with Gasteiger partial charge in [-0.15, -0.1) is 5.10 Å². The quantitative estimate of drug-likeness (QED) is 0.721. The first-order chi connectivity index (χ1) is 7.74. The molecule has 2 N–H and O–H groups in total. The summed E-state index contributed by atoms with van der Waals surface area (Å²) in [7, 11) is 0. The molecule has 0 atom stereocenters. The summed E-state index contributed by atoms with van der Waals surface area (Å²) in [6.45, 7) is 2.19. The van der Waals surface area contributed by atoms with Crippen molar-refractivity contribution in [2.45, 2.75) is 51.9 Å². The molecular formula is C11H20N4O. The molecule has 5 nitrogen and oxygen atoms in total. The summed E-state index contributed by atoms with van der Waals surface area (Å²) in [6.07, 6.45) is 8.92. The molecule has 0 unspecified atom stereocenters. The van der Waals surface area contributed by atoms with Gasteiger partial charge in [0.2, 0.25) is 11.9 Å². The molecule has 0 bridgehead atoms. The minimum atomic E-state index is -0.0281. The molecule has 1 rings (SSSR count). The maximum absolute atomic E-state index is 11.6. The molecule has 90 valence electrons. The number of hydrogen-bond donors (Lipinski definition) is 1. The maximum Gasteiger partial charge on any atom is 0.248 e. The van der Waals surface area contributed by atoms with Crippen molar-refractivity contribution >= 4 is 11.9 Å². The second-order valence-electron chi connectivity index (χ2n) is 3.96. The van der Waals surface area contributed by atoms with Gasteiger partial charge in [0.25, 0.3) is 0 Å². The Morgan fingerprint density at radius 1 is 1.31 bits per heavy atom. The largest absolute Gasteiger partial charge is 0.366 e. The number of nitrogens with two attached hydrogens (primary N) is 1. The van der Waals surface area contributed by atoms with Gasteiger partial charge in [0.15, 0.2) is 0 Å². The van der Waals surface area contributed by atoms with Gasteiger partial charge >= 0.3 is 0 Å². The lowest BCUT2D eigenvalue weighted by Crippen LogP contribution is -2.11. The summed E-state index contributed by atoms with van der Waals surface area (Å²) in [5, 5.41) is 3.77. The molecule has 0 aliphatic heterocycles. The van der Waals surface area contributed by atoms with Crippen LogP contribution in [0.4, 0.5) is 5.95 Å². The van der Waals surface area contributed by atoms with Crippen LogP contribution in [-0.2, 0) is 0 Å². The standard InChI is InChI=1S/C11H20N4O/c1-2-3-4-5-6-7-8-10(16)15-9-13-11(12)14-15/h9H,2-8H2,1H3,(H2,12,14). The van der Waals surface area contributed by atoms with Gasteiger partial charge in [-0.1, -0.05) is 39.0 Å². The Morgan fingerprint density at radius 3 is 2.62 bits per heavy atom. The molecule has 0 fully saturated rings. The molecular weight excluding hydrogens is 204 g/mol. The fraction of sp³-hybridized carbons (Fsp3) is 0.727. The Morgan fingerprint density at radius 2 is 2.00 bits per heavy atom. The number of hydrogen-bond acceptors (Lipinski definition) is 4. The van der Waals surface area contributed by atoms with E-state index in [0.29, 0.717) is 6.42 Å². The van der Waals surface area contributed by atoms with Crippen LogP contribution in [0.15, 0.2) is 6.33 Å². The molecule has 0 spiro atoms. The SMILES string of the molecule is CCCCCCCCC(=O)n1cnc(N)n1. The zero-order valence-electron chi connectivity index (χ0n) is 9.85. The van der Waals surface area contributed by atoms with Crippen molar-refractivity contribution < 1.29 is 4.79 Å².